The smallest absolute Gasteiger partial charge is 0.270 e. The Morgan fingerprint density at radius 2 is 2.00 bits per heavy atom. The summed E-state index contributed by atoms with van der Waals surface area (Å²) in [7, 11) is 0. The highest BCUT2D eigenvalue weighted by Crippen LogP contribution is 2.24. The van der Waals surface area contributed by atoms with Crippen molar-refractivity contribution in [3.8, 4) is 0 Å². The molecule has 0 spiro atoms. The van der Waals surface area contributed by atoms with Gasteiger partial charge in [-0.1, -0.05) is 11.6 Å². The number of hydrogen-bond donors (Lipinski definition) is 1. The first kappa shape index (κ1) is 14.7. The normalized spacial score (nSPS) is 21.2. The van der Waals surface area contributed by atoms with Gasteiger partial charge >= 0.3 is 0 Å². The predicted octanol–water partition coefficient (Wildman–Crippen LogP) is 1.34. The monoisotopic (exact) mass is 310 g/mol. The molecule has 0 amide bonds. The van der Waals surface area contributed by atoms with Crippen molar-refractivity contribution in [3.05, 3.63) is 38.9 Å². The number of non-ortho nitro benzene ring substituents is 1. The third-order valence-corrected chi connectivity index (χ3v) is 4.68. The summed E-state index contributed by atoms with van der Waals surface area (Å²) in [5.74, 6) is 0. The molecule has 6 nitrogen and oxygen atoms in total. The average molecular weight is 311 g/mol. The summed E-state index contributed by atoms with van der Waals surface area (Å²) >= 11 is 6.15. The maximum atomic E-state index is 10.7. The molecule has 2 fully saturated rings. The first-order valence-corrected chi connectivity index (χ1v) is 7.61. The average Bonchev–Trinajstić information content (AvgIpc) is 2.41. The first-order valence-electron chi connectivity index (χ1n) is 7.23. The van der Waals surface area contributed by atoms with Crippen LogP contribution in [-0.2, 0) is 6.54 Å². The van der Waals surface area contributed by atoms with Crippen molar-refractivity contribution in [1.82, 2.24) is 15.1 Å². The second kappa shape index (κ2) is 6.27. The highest BCUT2D eigenvalue weighted by molar-refractivity contribution is 6.31. The lowest BCUT2D eigenvalue weighted by Gasteiger charge is -2.43. The molecule has 0 radical (unpaired) electrons. The van der Waals surface area contributed by atoms with Crippen LogP contribution in [0, 0.1) is 10.1 Å². The van der Waals surface area contributed by atoms with E-state index in [-0.39, 0.29) is 5.69 Å². The van der Waals surface area contributed by atoms with Gasteiger partial charge in [-0.2, -0.15) is 0 Å². The van der Waals surface area contributed by atoms with Gasteiger partial charge in [-0.15, -0.1) is 0 Å². The van der Waals surface area contributed by atoms with E-state index < -0.39 is 4.92 Å². The molecule has 0 unspecified atom stereocenters. The van der Waals surface area contributed by atoms with Crippen LogP contribution in [0.15, 0.2) is 18.2 Å². The zero-order valence-corrected chi connectivity index (χ0v) is 12.6. The van der Waals surface area contributed by atoms with Crippen LogP contribution in [0.25, 0.3) is 0 Å². The quantitative estimate of drug-likeness (QED) is 0.672. The predicted molar refractivity (Wildman–Crippen MR) is 81.6 cm³/mol. The van der Waals surface area contributed by atoms with Gasteiger partial charge in [0.1, 0.15) is 0 Å². The van der Waals surface area contributed by atoms with E-state index in [1.807, 2.05) is 0 Å². The fourth-order valence-corrected chi connectivity index (χ4v) is 3.07. The molecule has 2 heterocycles. The molecule has 7 heteroatoms. The van der Waals surface area contributed by atoms with Crippen LogP contribution < -0.4 is 5.32 Å². The van der Waals surface area contributed by atoms with E-state index in [0.717, 1.165) is 51.4 Å². The lowest BCUT2D eigenvalue weighted by atomic mass is 10.1. The number of rotatable bonds is 4. The summed E-state index contributed by atoms with van der Waals surface area (Å²) in [4.78, 5) is 15.2. The summed E-state index contributed by atoms with van der Waals surface area (Å²) in [5, 5.41) is 14.5. The Morgan fingerprint density at radius 3 is 2.52 bits per heavy atom. The SMILES string of the molecule is O=[N+]([O-])c1ccc(CN2CCN(C3CNC3)CC2)c(Cl)c1. The molecule has 0 aromatic heterocycles. The Kier molecular flexibility index (Phi) is 4.40. The third-order valence-electron chi connectivity index (χ3n) is 4.32. The highest BCUT2D eigenvalue weighted by Gasteiger charge is 2.27. The van der Waals surface area contributed by atoms with Crippen molar-refractivity contribution >= 4 is 17.3 Å². The zero-order valence-electron chi connectivity index (χ0n) is 11.8. The van der Waals surface area contributed by atoms with Crippen molar-refractivity contribution in [2.24, 2.45) is 0 Å². The number of piperazine rings is 1. The van der Waals surface area contributed by atoms with E-state index in [2.05, 4.69) is 15.1 Å². The summed E-state index contributed by atoms with van der Waals surface area (Å²) in [6.07, 6.45) is 0. The molecule has 2 aliphatic rings. The van der Waals surface area contributed by atoms with E-state index in [1.165, 1.54) is 12.1 Å². The van der Waals surface area contributed by atoms with Gasteiger partial charge in [-0.05, 0) is 11.6 Å². The maximum absolute atomic E-state index is 10.7. The van der Waals surface area contributed by atoms with Crippen molar-refractivity contribution in [2.75, 3.05) is 39.3 Å². The minimum absolute atomic E-state index is 0.0473. The largest absolute Gasteiger partial charge is 0.314 e. The Bertz CT molecular complexity index is 528. The third kappa shape index (κ3) is 3.35. The van der Waals surface area contributed by atoms with Gasteiger partial charge in [0.25, 0.3) is 5.69 Å². The molecule has 114 valence electrons. The summed E-state index contributed by atoms with van der Waals surface area (Å²) in [6.45, 7) is 7.16. The lowest BCUT2D eigenvalue weighted by Crippen LogP contribution is -2.61. The second-order valence-electron chi connectivity index (χ2n) is 5.66. The maximum Gasteiger partial charge on any atom is 0.270 e. The number of nitrogens with one attached hydrogen (secondary N) is 1. The van der Waals surface area contributed by atoms with Crippen LogP contribution in [0.5, 0.6) is 0 Å². The number of hydrogen-bond acceptors (Lipinski definition) is 5. The van der Waals surface area contributed by atoms with E-state index in [0.29, 0.717) is 11.1 Å². The topological polar surface area (TPSA) is 61.7 Å². The molecule has 2 saturated heterocycles. The number of nitrogens with zero attached hydrogens (tertiary/aromatic N) is 3. The number of nitro groups is 1. The van der Waals surface area contributed by atoms with Crippen molar-refractivity contribution in [1.29, 1.82) is 0 Å². The summed E-state index contributed by atoms with van der Waals surface area (Å²) < 4.78 is 0. The fourth-order valence-electron chi connectivity index (χ4n) is 2.84. The van der Waals surface area contributed by atoms with Crippen molar-refractivity contribution in [2.45, 2.75) is 12.6 Å². The molecule has 0 aliphatic carbocycles. The molecule has 1 aromatic carbocycles. The van der Waals surface area contributed by atoms with Crippen LogP contribution in [0.3, 0.4) is 0 Å². The minimum atomic E-state index is -0.416. The number of halogens is 1. The molecule has 2 aliphatic heterocycles. The fraction of sp³-hybridized carbons (Fsp3) is 0.571. The molecule has 1 N–H and O–H groups in total. The van der Waals surface area contributed by atoms with Gasteiger partial charge in [0.05, 0.1) is 9.95 Å². The zero-order chi connectivity index (χ0) is 14.8. The molecule has 0 atom stereocenters. The highest BCUT2D eigenvalue weighted by atomic mass is 35.5. The van der Waals surface area contributed by atoms with Gasteiger partial charge in [0.15, 0.2) is 0 Å². The van der Waals surface area contributed by atoms with Crippen molar-refractivity contribution < 1.29 is 4.92 Å². The van der Waals surface area contributed by atoms with E-state index in [1.54, 1.807) is 6.07 Å². The number of benzene rings is 1. The molecule has 1 aromatic rings. The summed E-state index contributed by atoms with van der Waals surface area (Å²) in [6, 6.07) is 5.43. The van der Waals surface area contributed by atoms with Crippen molar-refractivity contribution in [3.63, 3.8) is 0 Å². The molecule has 21 heavy (non-hydrogen) atoms. The van der Waals surface area contributed by atoms with Crippen LogP contribution in [-0.4, -0.2) is 60.0 Å². The van der Waals surface area contributed by atoms with E-state index in [9.17, 15) is 10.1 Å². The lowest BCUT2D eigenvalue weighted by molar-refractivity contribution is -0.384. The minimum Gasteiger partial charge on any atom is -0.314 e. The molecule has 0 bridgehead atoms. The van der Waals surface area contributed by atoms with Gasteiger partial charge < -0.3 is 5.32 Å². The van der Waals surface area contributed by atoms with Crippen LogP contribution in [0.1, 0.15) is 5.56 Å². The van der Waals surface area contributed by atoms with Gasteiger partial charge in [-0.25, -0.2) is 0 Å². The second-order valence-corrected chi connectivity index (χ2v) is 6.06. The Morgan fingerprint density at radius 1 is 1.29 bits per heavy atom. The standard InChI is InChI=1S/C14H19ClN4O2/c15-14-7-12(19(20)21)2-1-11(14)10-17-3-5-18(6-4-17)13-8-16-9-13/h1-2,7,13,16H,3-6,8-10H2. The molecular weight excluding hydrogens is 292 g/mol. The molecule has 0 saturated carbocycles. The Balaban J connectivity index is 1.56. The molecular formula is C14H19ClN4O2. The molecule has 3 rings (SSSR count). The summed E-state index contributed by atoms with van der Waals surface area (Å²) in [5.41, 5.74) is 1.01. The van der Waals surface area contributed by atoms with Crippen LogP contribution in [0.2, 0.25) is 5.02 Å². The van der Waals surface area contributed by atoms with Gasteiger partial charge in [0, 0.05) is 64.0 Å². The van der Waals surface area contributed by atoms with E-state index >= 15 is 0 Å². The van der Waals surface area contributed by atoms with Gasteiger partial charge in [0.2, 0.25) is 0 Å². The van der Waals surface area contributed by atoms with E-state index in [4.69, 9.17) is 11.6 Å². The Labute approximate surface area is 128 Å². The van der Waals surface area contributed by atoms with Crippen LogP contribution in [0.4, 0.5) is 5.69 Å². The Hall–Kier alpha value is -1.21. The number of nitro benzene ring substituents is 1. The van der Waals surface area contributed by atoms with Crippen LogP contribution >= 0.6 is 11.6 Å². The first-order chi connectivity index (χ1) is 10.1. The van der Waals surface area contributed by atoms with Gasteiger partial charge in [-0.3, -0.25) is 19.9 Å².